The third-order valence-corrected chi connectivity index (χ3v) is 4.97. The molecule has 0 fully saturated rings. The summed E-state index contributed by atoms with van der Waals surface area (Å²) < 4.78 is 29.3. The first-order chi connectivity index (χ1) is 13.5. The van der Waals surface area contributed by atoms with Crippen molar-refractivity contribution < 1.29 is 23.3 Å². The number of pyridine rings is 2. The SMILES string of the molecule is O=C1c2cccc[n+]2C(Cc2ccc(Cl)nc2)N(O)C1c1ccc(F)cc1F. The molecule has 0 aliphatic carbocycles. The number of carbonyl (C=O) groups excluding carboxylic acids is 1. The average molecular weight is 403 g/mol. The van der Waals surface area contributed by atoms with Crippen molar-refractivity contribution in [3.05, 3.63) is 94.5 Å². The van der Waals surface area contributed by atoms with Gasteiger partial charge in [0.15, 0.2) is 6.20 Å². The van der Waals surface area contributed by atoms with Crippen LogP contribution in [0.3, 0.4) is 0 Å². The van der Waals surface area contributed by atoms with E-state index in [0.717, 1.165) is 16.7 Å². The second-order valence-corrected chi connectivity index (χ2v) is 6.87. The largest absolute Gasteiger partial charge is 0.307 e. The van der Waals surface area contributed by atoms with E-state index in [-0.39, 0.29) is 12.0 Å². The van der Waals surface area contributed by atoms with Crippen LogP contribution in [0, 0.1) is 11.6 Å². The number of aromatic nitrogens is 2. The monoisotopic (exact) mass is 402 g/mol. The molecule has 142 valence electrons. The summed E-state index contributed by atoms with van der Waals surface area (Å²) in [4.78, 5) is 17.0. The fourth-order valence-electron chi connectivity index (χ4n) is 3.42. The Labute approximate surface area is 164 Å². The van der Waals surface area contributed by atoms with Gasteiger partial charge in [0.25, 0.3) is 11.5 Å². The van der Waals surface area contributed by atoms with Gasteiger partial charge in [0.05, 0.1) is 6.42 Å². The summed E-state index contributed by atoms with van der Waals surface area (Å²) >= 11 is 5.82. The summed E-state index contributed by atoms with van der Waals surface area (Å²) in [6, 6.07) is 10.1. The first-order valence-electron chi connectivity index (χ1n) is 8.52. The molecule has 0 amide bonds. The number of hydrogen-bond acceptors (Lipinski definition) is 4. The molecule has 28 heavy (non-hydrogen) atoms. The fraction of sp³-hybridized carbons (Fsp3) is 0.150. The van der Waals surface area contributed by atoms with Gasteiger partial charge in [-0.05, 0) is 23.8 Å². The highest BCUT2D eigenvalue weighted by atomic mass is 35.5. The van der Waals surface area contributed by atoms with E-state index in [4.69, 9.17) is 11.6 Å². The summed E-state index contributed by atoms with van der Waals surface area (Å²) in [7, 11) is 0. The Kier molecular flexibility index (Phi) is 4.89. The molecule has 3 aromatic rings. The van der Waals surface area contributed by atoms with Crippen molar-refractivity contribution in [1.82, 2.24) is 10.0 Å². The lowest BCUT2D eigenvalue weighted by Gasteiger charge is -2.33. The van der Waals surface area contributed by atoms with Crippen molar-refractivity contribution in [2.24, 2.45) is 0 Å². The minimum Gasteiger partial charge on any atom is -0.307 e. The molecule has 8 heteroatoms. The minimum atomic E-state index is -1.30. The maximum Gasteiger partial charge on any atom is 0.252 e. The smallest absolute Gasteiger partial charge is 0.252 e. The zero-order valence-corrected chi connectivity index (χ0v) is 15.2. The van der Waals surface area contributed by atoms with Crippen LogP contribution in [0.2, 0.25) is 5.15 Å². The Bertz CT molecular complexity index is 1050. The van der Waals surface area contributed by atoms with E-state index < -0.39 is 29.6 Å². The number of ketones is 1. The second-order valence-electron chi connectivity index (χ2n) is 6.48. The van der Waals surface area contributed by atoms with Crippen molar-refractivity contribution >= 4 is 17.4 Å². The number of halogens is 3. The fourth-order valence-corrected chi connectivity index (χ4v) is 3.53. The van der Waals surface area contributed by atoms with Crippen molar-refractivity contribution in [3.63, 3.8) is 0 Å². The third kappa shape index (κ3) is 3.28. The van der Waals surface area contributed by atoms with Crippen LogP contribution in [0.15, 0.2) is 60.9 Å². The quantitative estimate of drug-likeness (QED) is 0.536. The molecule has 0 saturated carbocycles. The van der Waals surface area contributed by atoms with Gasteiger partial charge >= 0.3 is 0 Å². The van der Waals surface area contributed by atoms with Gasteiger partial charge in [0.1, 0.15) is 22.8 Å². The summed E-state index contributed by atoms with van der Waals surface area (Å²) in [5, 5.41) is 12.0. The van der Waals surface area contributed by atoms with Crippen LogP contribution in [0.25, 0.3) is 0 Å². The van der Waals surface area contributed by atoms with Crippen LogP contribution in [0.4, 0.5) is 8.78 Å². The number of Topliss-reactive ketones (excluding diaryl/α,β-unsaturated/α-hetero) is 1. The molecule has 0 saturated heterocycles. The van der Waals surface area contributed by atoms with Gasteiger partial charge in [-0.2, -0.15) is 4.57 Å². The first kappa shape index (κ1) is 18.6. The normalized spacial score (nSPS) is 19.5. The summed E-state index contributed by atoms with van der Waals surface area (Å²) in [5.41, 5.74) is 0.986. The number of hydrogen-bond donors (Lipinski definition) is 1. The molecular weight excluding hydrogens is 388 g/mol. The number of rotatable bonds is 3. The molecule has 2 atom stereocenters. The molecule has 2 aromatic heterocycles. The zero-order chi connectivity index (χ0) is 19.8. The maximum absolute atomic E-state index is 14.4. The molecule has 1 aromatic carbocycles. The van der Waals surface area contributed by atoms with Gasteiger partial charge in [0, 0.05) is 30.0 Å². The molecule has 1 N–H and O–H groups in total. The number of benzene rings is 1. The zero-order valence-electron chi connectivity index (χ0n) is 14.5. The number of fused-ring (bicyclic) bond motifs is 1. The highest BCUT2D eigenvalue weighted by Gasteiger charge is 2.47. The van der Waals surface area contributed by atoms with E-state index in [1.807, 2.05) is 0 Å². The van der Waals surface area contributed by atoms with E-state index in [1.165, 1.54) is 6.07 Å². The first-order valence-corrected chi connectivity index (χ1v) is 8.90. The average Bonchev–Trinajstić information content (AvgIpc) is 2.68. The summed E-state index contributed by atoms with van der Waals surface area (Å²) in [6.45, 7) is 0. The number of nitrogens with zero attached hydrogens (tertiary/aromatic N) is 3. The topological polar surface area (TPSA) is 57.3 Å². The third-order valence-electron chi connectivity index (χ3n) is 4.75. The molecule has 2 unspecified atom stereocenters. The Morgan fingerprint density at radius 3 is 2.71 bits per heavy atom. The van der Waals surface area contributed by atoms with E-state index in [9.17, 15) is 18.8 Å². The summed E-state index contributed by atoms with van der Waals surface area (Å²) in [5.74, 6) is -2.14. The molecule has 3 heterocycles. The van der Waals surface area contributed by atoms with Crippen LogP contribution in [0.5, 0.6) is 0 Å². The molecule has 5 nitrogen and oxygen atoms in total. The van der Waals surface area contributed by atoms with Crippen molar-refractivity contribution in [2.45, 2.75) is 18.6 Å². The molecular formula is C20H15ClF2N3O2+. The second kappa shape index (κ2) is 7.35. The Morgan fingerprint density at radius 2 is 2.00 bits per heavy atom. The predicted octanol–water partition coefficient (Wildman–Crippen LogP) is 3.67. The maximum atomic E-state index is 14.4. The van der Waals surface area contributed by atoms with E-state index in [0.29, 0.717) is 16.9 Å². The lowest BCUT2D eigenvalue weighted by Crippen LogP contribution is -2.60. The molecule has 1 aliphatic rings. The standard InChI is InChI=1S/C20H15ClF2N3O2/c21-17-7-4-12(11-24-17)9-18-25-8-2-1-3-16(25)20(27)19(26(18)28)14-6-5-13(22)10-15(14)23/h1-8,10-11,18-19,28H,9H2/q+1. The number of carbonyl (C=O) groups is 1. The predicted molar refractivity (Wildman–Crippen MR) is 95.7 cm³/mol. The molecule has 1 aliphatic heterocycles. The highest BCUT2D eigenvalue weighted by Crippen LogP contribution is 2.33. The van der Waals surface area contributed by atoms with Crippen molar-refractivity contribution in [2.75, 3.05) is 0 Å². The lowest BCUT2D eigenvalue weighted by molar-refractivity contribution is -0.764. The van der Waals surface area contributed by atoms with Crippen LogP contribution >= 0.6 is 11.6 Å². The highest BCUT2D eigenvalue weighted by molar-refractivity contribution is 6.29. The lowest BCUT2D eigenvalue weighted by atomic mass is 9.95. The van der Waals surface area contributed by atoms with E-state index in [1.54, 1.807) is 47.3 Å². The van der Waals surface area contributed by atoms with Crippen LogP contribution in [-0.2, 0) is 6.42 Å². The Morgan fingerprint density at radius 1 is 1.18 bits per heavy atom. The van der Waals surface area contributed by atoms with Gasteiger partial charge in [-0.25, -0.2) is 13.8 Å². The van der Waals surface area contributed by atoms with E-state index in [2.05, 4.69) is 4.98 Å². The van der Waals surface area contributed by atoms with E-state index >= 15 is 0 Å². The van der Waals surface area contributed by atoms with Crippen LogP contribution < -0.4 is 4.57 Å². The molecule has 0 spiro atoms. The molecule has 0 radical (unpaired) electrons. The minimum absolute atomic E-state index is 0.0942. The Balaban J connectivity index is 1.80. The molecule has 0 bridgehead atoms. The van der Waals surface area contributed by atoms with Crippen LogP contribution in [-0.4, -0.2) is 21.0 Å². The van der Waals surface area contributed by atoms with Gasteiger partial charge in [0.2, 0.25) is 6.17 Å². The Hall–Kier alpha value is -2.74. The summed E-state index contributed by atoms with van der Waals surface area (Å²) in [6.07, 6.45) is 2.83. The van der Waals surface area contributed by atoms with Gasteiger partial charge in [-0.15, -0.1) is 5.06 Å². The van der Waals surface area contributed by atoms with Crippen molar-refractivity contribution in [1.29, 1.82) is 0 Å². The van der Waals surface area contributed by atoms with Gasteiger partial charge in [-0.1, -0.05) is 23.7 Å². The van der Waals surface area contributed by atoms with Gasteiger partial charge < -0.3 is 5.21 Å². The number of hydroxylamine groups is 2. The van der Waals surface area contributed by atoms with Crippen LogP contribution in [0.1, 0.15) is 33.8 Å². The van der Waals surface area contributed by atoms with Gasteiger partial charge in [-0.3, -0.25) is 4.79 Å². The molecule has 4 rings (SSSR count). The van der Waals surface area contributed by atoms with Crippen molar-refractivity contribution in [3.8, 4) is 0 Å².